The van der Waals surface area contributed by atoms with Crippen molar-refractivity contribution in [2.75, 3.05) is 5.32 Å². The number of Topliss-reactive ketones (excluding diaryl/α,β-unsaturated/α-hetero) is 1. The van der Waals surface area contributed by atoms with Crippen LogP contribution in [0.5, 0.6) is 0 Å². The summed E-state index contributed by atoms with van der Waals surface area (Å²) in [6, 6.07) is 12.7. The minimum absolute atomic E-state index is 0.0303. The van der Waals surface area contributed by atoms with Gasteiger partial charge >= 0.3 is 0 Å². The Hall–Kier alpha value is -2.13. The molecule has 0 aromatic heterocycles. The molecule has 1 aliphatic rings. The summed E-state index contributed by atoms with van der Waals surface area (Å²) in [7, 11) is 0. The van der Waals surface area contributed by atoms with Gasteiger partial charge < -0.3 is 5.32 Å². The molecular weight excluding hydrogens is 286 g/mol. The fraction of sp³-hybridized carbons (Fsp3) is 0.176. The zero-order chi connectivity index (χ0) is 14.8. The number of anilines is 1. The van der Waals surface area contributed by atoms with Crippen LogP contribution in [0.4, 0.5) is 5.69 Å². The van der Waals surface area contributed by atoms with Crippen molar-refractivity contribution in [1.82, 2.24) is 0 Å². The van der Waals surface area contributed by atoms with Gasteiger partial charge in [0.2, 0.25) is 5.91 Å². The van der Waals surface area contributed by atoms with Crippen LogP contribution in [-0.4, -0.2) is 11.7 Å². The third-order valence-corrected chi connectivity index (χ3v) is 3.85. The minimum Gasteiger partial charge on any atom is -0.326 e. The lowest BCUT2D eigenvalue weighted by Crippen LogP contribution is -2.19. The number of amides is 1. The Morgan fingerprint density at radius 2 is 1.86 bits per heavy atom. The Morgan fingerprint density at radius 3 is 2.62 bits per heavy atom. The van der Waals surface area contributed by atoms with E-state index in [9.17, 15) is 9.59 Å². The Morgan fingerprint density at radius 1 is 1.10 bits per heavy atom. The molecule has 106 valence electrons. The van der Waals surface area contributed by atoms with Gasteiger partial charge in [-0.1, -0.05) is 23.7 Å². The number of benzene rings is 2. The molecule has 2 aromatic rings. The van der Waals surface area contributed by atoms with Crippen molar-refractivity contribution in [3.63, 3.8) is 0 Å². The first-order valence-electron chi connectivity index (χ1n) is 6.82. The van der Waals surface area contributed by atoms with Crippen molar-refractivity contribution in [3.05, 3.63) is 64.2 Å². The molecule has 1 aliphatic heterocycles. The summed E-state index contributed by atoms with van der Waals surface area (Å²) in [5.74, 6) is 0.0970. The molecule has 3 nitrogen and oxygen atoms in total. The van der Waals surface area contributed by atoms with E-state index in [1.54, 1.807) is 18.2 Å². The lowest BCUT2D eigenvalue weighted by Gasteiger charge is -2.17. The van der Waals surface area contributed by atoms with Gasteiger partial charge in [-0.25, -0.2) is 0 Å². The zero-order valence-corrected chi connectivity index (χ0v) is 12.1. The molecule has 3 rings (SSSR count). The number of hydrogen-bond acceptors (Lipinski definition) is 2. The molecule has 0 unspecified atom stereocenters. The van der Waals surface area contributed by atoms with E-state index in [2.05, 4.69) is 5.32 Å². The first-order valence-corrected chi connectivity index (χ1v) is 7.20. The summed E-state index contributed by atoms with van der Waals surface area (Å²) in [5, 5.41) is 3.48. The molecule has 21 heavy (non-hydrogen) atoms. The standard InChI is InChI=1S/C17H14ClNO2/c18-14-5-1-11(2-6-14)9-16(20)13-3-7-15-12(10-13)4-8-17(21)19-15/h1-3,5-7,10H,4,8-9H2,(H,19,21). The molecule has 0 bridgehead atoms. The van der Waals surface area contributed by atoms with Crippen LogP contribution in [0.1, 0.15) is 27.9 Å². The first-order chi connectivity index (χ1) is 10.1. The number of nitrogens with one attached hydrogen (secondary N) is 1. The molecule has 2 aromatic carbocycles. The van der Waals surface area contributed by atoms with Crippen molar-refractivity contribution < 1.29 is 9.59 Å². The average molecular weight is 300 g/mol. The second kappa shape index (κ2) is 5.70. The highest BCUT2D eigenvalue weighted by molar-refractivity contribution is 6.30. The van der Waals surface area contributed by atoms with Gasteiger partial charge in [-0.15, -0.1) is 0 Å². The smallest absolute Gasteiger partial charge is 0.224 e. The highest BCUT2D eigenvalue weighted by atomic mass is 35.5. The van der Waals surface area contributed by atoms with Crippen molar-refractivity contribution in [1.29, 1.82) is 0 Å². The van der Waals surface area contributed by atoms with Gasteiger partial charge in [0.15, 0.2) is 5.78 Å². The lowest BCUT2D eigenvalue weighted by atomic mass is 9.96. The Kier molecular flexibility index (Phi) is 3.76. The number of aryl methyl sites for hydroxylation is 1. The topological polar surface area (TPSA) is 46.2 Å². The fourth-order valence-electron chi connectivity index (χ4n) is 2.45. The van der Waals surface area contributed by atoms with Crippen LogP contribution in [0.25, 0.3) is 0 Å². The number of hydrogen-bond donors (Lipinski definition) is 1. The van der Waals surface area contributed by atoms with Crippen LogP contribution < -0.4 is 5.32 Å². The third kappa shape index (κ3) is 3.14. The average Bonchev–Trinajstić information content (AvgIpc) is 2.49. The van der Waals surface area contributed by atoms with E-state index >= 15 is 0 Å². The van der Waals surface area contributed by atoms with E-state index in [4.69, 9.17) is 11.6 Å². The summed E-state index contributed by atoms with van der Waals surface area (Å²) in [6.45, 7) is 0. The van der Waals surface area contributed by atoms with Crippen LogP contribution in [0.3, 0.4) is 0 Å². The van der Waals surface area contributed by atoms with Crippen LogP contribution in [0, 0.1) is 0 Å². The number of ketones is 1. The van der Waals surface area contributed by atoms with Gasteiger partial charge in [0.1, 0.15) is 0 Å². The highest BCUT2D eigenvalue weighted by Crippen LogP contribution is 2.24. The van der Waals surface area contributed by atoms with Gasteiger partial charge in [0, 0.05) is 29.1 Å². The predicted octanol–water partition coefficient (Wildman–Crippen LogP) is 3.65. The van der Waals surface area contributed by atoms with Gasteiger partial charge in [0.25, 0.3) is 0 Å². The number of rotatable bonds is 3. The van der Waals surface area contributed by atoms with Gasteiger partial charge in [-0.05, 0) is 47.9 Å². The Balaban J connectivity index is 1.79. The third-order valence-electron chi connectivity index (χ3n) is 3.60. The maximum Gasteiger partial charge on any atom is 0.224 e. The van der Waals surface area contributed by atoms with E-state index in [-0.39, 0.29) is 11.7 Å². The lowest BCUT2D eigenvalue weighted by molar-refractivity contribution is -0.116. The molecule has 0 aliphatic carbocycles. The summed E-state index contributed by atoms with van der Waals surface area (Å²) >= 11 is 5.84. The molecular formula is C17H14ClNO2. The van der Waals surface area contributed by atoms with Crippen LogP contribution >= 0.6 is 11.6 Å². The maximum atomic E-state index is 12.3. The second-order valence-electron chi connectivity index (χ2n) is 5.15. The molecule has 4 heteroatoms. The van der Waals surface area contributed by atoms with Crippen molar-refractivity contribution >= 4 is 29.0 Å². The van der Waals surface area contributed by atoms with E-state index in [0.29, 0.717) is 29.8 Å². The largest absolute Gasteiger partial charge is 0.326 e. The van der Waals surface area contributed by atoms with Crippen LogP contribution in [-0.2, 0) is 17.6 Å². The SMILES string of the molecule is O=C1CCc2cc(C(=O)Cc3ccc(Cl)cc3)ccc2N1. The fourth-order valence-corrected chi connectivity index (χ4v) is 2.57. The summed E-state index contributed by atoms with van der Waals surface area (Å²) in [5.41, 5.74) is 3.46. The van der Waals surface area contributed by atoms with Crippen LogP contribution in [0.2, 0.25) is 5.02 Å². The normalized spacial score (nSPS) is 13.5. The molecule has 1 N–H and O–H groups in total. The highest BCUT2D eigenvalue weighted by Gasteiger charge is 2.16. The molecule has 0 radical (unpaired) electrons. The van der Waals surface area contributed by atoms with E-state index in [1.165, 1.54) is 0 Å². The molecule has 0 atom stereocenters. The number of carbonyl (C=O) groups is 2. The minimum atomic E-state index is 0.0303. The molecule has 0 spiro atoms. The van der Waals surface area contributed by atoms with E-state index in [1.807, 2.05) is 24.3 Å². The van der Waals surface area contributed by atoms with Gasteiger partial charge in [-0.2, -0.15) is 0 Å². The first kappa shape index (κ1) is 13.8. The molecule has 0 saturated carbocycles. The maximum absolute atomic E-state index is 12.3. The predicted molar refractivity (Wildman–Crippen MR) is 82.9 cm³/mol. The number of carbonyl (C=O) groups excluding carboxylic acids is 2. The van der Waals surface area contributed by atoms with E-state index in [0.717, 1.165) is 16.8 Å². The summed E-state index contributed by atoms with van der Waals surface area (Å²) < 4.78 is 0. The van der Waals surface area contributed by atoms with Gasteiger partial charge in [-0.3, -0.25) is 9.59 Å². The quantitative estimate of drug-likeness (QED) is 0.879. The second-order valence-corrected chi connectivity index (χ2v) is 5.58. The zero-order valence-electron chi connectivity index (χ0n) is 11.4. The van der Waals surface area contributed by atoms with Gasteiger partial charge in [0.05, 0.1) is 0 Å². The van der Waals surface area contributed by atoms with Crippen molar-refractivity contribution in [3.8, 4) is 0 Å². The summed E-state index contributed by atoms with van der Waals surface area (Å²) in [4.78, 5) is 23.7. The van der Waals surface area contributed by atoms with Crippen LogP contribution in [0.15, 0.2) is 42.5 Å². The Labute approximate surface area is 127 Å². The molecule has 1 amide bonds. The molecule has 0 fully saturated rings. The molecule has 0 saturated heterocycles. The van der Waals surface area contributed by atoms with Crippen molar-refractivity contribution in [2.24, 2.45) is 0 Å². The summed E-state index contributed by atoms with van der Waals surface area (Å²) in [6.07, 6.45) is 1.51. The molecule has 1 heterocycles. The Bertz CT molecular complexity index is 707. The number of fused-ring (bicyclic) bond motifs is 1. The van der Waals surface area contributed by atoms with E-state index < -0.39 is 0 Å². The monoisotopic (exact) mass is 299 g/mol. The van der Waals surface area contributed by atoms with Crippen molar-refractivity contribution in [2.45, 2.75) is 19.3 Å². The number of halogens is 1.